The first kappa shape index (κ1) is 17.0. The average molecular weight is 327 g/mol. The Balaban J connectivity index is 1.59. The Kier molecular flexibility index (Phi) is 6.27. The van der Waals surface area contributed by atoms with Crippen LogP contribution >= 0.6 is 0 Å². The van der Waals surface area contributed by atoms with Gasteiger partial charge < -0.3 is 9.72 Å². The molecule has 0 unspecified atom stereocenters. The van der Waals surface area contributed by atoms with E-state index in [0.29, 0.717) is 6.04 Å². The number of imidazole rings is 1. The molecule has 4 heteroatoms. The van der Waals surface area contributed by atoms with Crippen molar-refractivity contribution >= 4 is 11.4 Å². The van der Waals surface area contributed by atoms with E-state index in [0.717, 1.165) is 23.9 Å². The van der Waals surface area contributed by atoms with E-state index in [4.69, 9.17) is 0 Å². The van der Waals surface area contributed by atoms with Crippen LogP contribution in [0.4, 0.5) is 0 Å². The highest BCUT2D eigenvalue weighted by molar-refractivity contribution is 5.95. The van der Waals surface area contributed by atoms with Crippen molar-refractivity contribution in [2.45, 2.75) is 76.7 Å². The molecule has 2 aromatic heterocycles. The van der Waals surface area contributed by atoms with E-state index in [9.17, 15) is 4.79 Å². The summed E-state index contributed by atoms with van der Waals surface area (Å²) in [5.41, 5.74) is 1.69. The van der Waals surface area contributed by atoms with Crippen LogP contribution in [0.2, 0.25) is 0 Å². The first-order valence-electron chi connectivity index (χ1n) is 9.55. The molecule has 0 saturated heterocycles. The number of carbonyl (C=O) groups excluding carboxylic acids is 1. The molecule has 0 aromatic carbocycles. The fourth-order valence-corrected chi connectivity index (χ4v) is 3.64. The van der Waals surface area contributed by atoms with Crippen molar-refractivity contribution < 1.29 is 4.79 Å². The molecule has 24 heavy (non-hydrogen) atoms. The number of aromatic nitrogens is 2. The first-order chi connectivity index (χ1) is 11.8. The Bertz CT molecular complexity index is 637. The van der Waals surface area contributed by atoms with Crippen molar-refractivity contribution in [2.24, 2.45) is 0 Å². The molecule has 1 N–H and O–H groups in total. The normalized spacial score (nSPS) is 18.7. The third-order valence-corrected chi connectivity index (χ3v) is 5.12. The third kappa shape index (κ3) is 4.83. The summed E-state index contributed by atoms with van der Waals surface area (Å²) in [5, 5.41) is 3.28. The van der Waals surface area contributed by atoms with Gasteiger partial charge in [0, 0.05) is 17.8 Å². The second kappa shape index (κ2) is 8.86. The second-order valence-corrected chi connectivity index (χ2v) is 7.07. The lowest BCUT2D eigenvalue weighted by Gasteiger charge is -2.19. The van der Waals surface area contributed by atoms with Crippen LogP contribution in [0.1, 0.15) is 81.0 Å². The van der Waals surface area contributed by atoms with Crippen LogP contribution in [0.15, 0.2) is 30.9 Å². The predicted molar refractivity (Wildman–Crippen MR) is 97.2 cm³/mol. The molecule has 4 nitrogen and oxygen atoms in total. The number of carbonyl (C=O) groups is 1. The minimum atomic E-state index is 0.0517. The van der Waals surface area contributed by atoms with Crippen molar-refractivity contribution in [3.05, 3.63) is 36.4 Å². The Morgan fingerprint density at radius 1 is 1.00 bits per heavy atom. The van der Waals surface area contributed by atoms with Gasteiger partial charge in [0.1, 0.15) is 0 Å². The van der Waals surface area contributed by atoms with Gasteiger partial charge >= 0.3 is 0 Å². The maximum Gasteiger partial charge on any atom is 0.251 e. The number of hydrogen-bond acceptors (Lipinski definition) is 2. The lowest BCUT2D eigenvalue weighted by atomic mass is 9.97. The maximum absolute atomic E-state index is 12.6. The van der Waals surface area contributed by atoms with Crippen molar-refractivity contribution in [3.8, 4) is 0 Å². The van der Waals surface area contributed by atoms with E-state index in [1.165, 1.54) is 57.8 Å². The highest BCUT2D eigenvalue weighted by Gasteiger charge is 2.14. The summed E-state index contributed by atoms with van der Waals surface area (Å²) < 4.78 is 1.92. The summed E-state index contributed by atoms with van der Waals surface area (Å²) in [6.07, 6.45) is 19.6. The van der Waals surface area contributed by atoms with Gasteiger partial charge in [0.05, 0.1) is 18.0 Å². The summed E-state index contributed by atoms with van der Waals surface area (Å²) in [6, 6.07) is 4.11. The van der Waals surface area contributed by atoms with E-state index in [-0.39, 0.29) is 5.91 Å². The average Bonchev–Trinajstić information content (AvgIpc) is 3.05. The van der Waals surface area contributed by atoms with E-state index in [2.05, 4.69) is 10.3 Å². The summed E-state index contributed by atoms with van der Waals surface area (Å²) in [6.45, 7) is 0. The quantitative estimate of drug-likeness (QED) is 0.866. The molecule has 1 saturated carbocycles. The highest BCUT2D eigenvalue weighted by atomic mass is 16.1. The molecule has 2 heterocycles. The molecule has 1 aliphatic rings. The molecule has 0 bridgehead atoms. The number of fused-ring (bicyclic) bond motifs is 1. The van der Waals surface area contributed by atoms with E-state index < -0.39 is 0 Å². The van der Waals surface area contributed by atoms with Gasteiger partial charge in [-0.25, -0.2) is 4.98 Å². The van der Waals surface area contributed by atoms with E-state index >= 15 is 0 Å². The molecule has 3 rings (SSSR count). The number of rotatable bonds is 2. The second-order valence-electron chi connectivity index (χ2n) is 7.07. The van der Waals surface area contributed by atoms with Crippen LogP contribution < -0.4 is 5.32 Å². The third-order valence-electron chi connectivity index (χ3n) is 5.12. The minimum Gasteiger partial charge on any atom is -0.349 e. The molecule has 0 aliphatic heterocycles. The molecular formula is C20H29N3O. The zero-order chi connectivity index (χ0) is 16.6. The molecule has 0 atom stereocenters. The molecule has 1 aliphatic carbocycles. The molecule has 1 amide bonds. The van der Waals surface area contributed by atoms with Crippen LogP contribution in [0.3, 0.4) is 0 Å². The van der Waals surface area contributed by atoms with Crippen molar-refractivity contribution in [1.29, 1.82) is 0 Å². The first-order valence-corrected chi connectivity index (χ1v) is 9.55. The van der Waals surface area contributed by atoms with E-state index in [1.54, 1.807) is 12.5 Å². The van der Waals surface area contributed by atoms with Crippen LogP contribution in [0.5, 0.6) is 0 Å². The fraction of sp³-hybridized carbons (Fsp3) is 0.600. The molecular weight excluding hydrogens is 298 g/mol. The lowest BCUT2D eigenvalue weighted by molar-refractivity contribution is 0.0931. The Morgan fingerprint density at radius 2 is 1.62 bits per heavy atom. The van der Waals surface area contributed by atoms with Crippen LogP contribution in [0.25, 0.3) is 5.52 Å². The van der Waals surface area contributed by atoms with Gasteiger partial charge in [-0.15, -0.1) is 0 Å². The van der Waals surface area contributed by atoms with Gasteiger partial charge in [-0.3, -0.25) is 4.79 Å². The number of amides is 1. The Morgan fingerprint density at radius 3 is 2.29 bits per heavy atom. The van der Waals surface area contributed by atoms with Crippen molar-refractivity contribution in [1.82, 2.24) is 14.7 Å². The molecule has 0 radical (unpaired) electrons. The smallest absolute Gasteiger partial charge is 0.251 e. The Labute approximate surface area is 144 Å². The molecule has 1 fully saturated rings. The van der Waals surface area contributed by atoms with Crippen LogP contribution in [0, 0.1) is 0 Å². The van der Waals surface area contributed by atoms with Gasteiger partial charge in [0.15, 0.2) is 0 Å². The largest absolute Gasteiger partial charge is 0.349 e. The van der Waals surface area contributed by atoms with Crippen molar-refractivity contribution in [2.75, 3.05) is 0 Å². The zero-order valence-corrected chi connectivity index (χ0v) is 14.5. The number of nitrogens with one attached hydrogen (secondary N) is 1. The Hall–Kier alpha value is -1.84. The summed E-state index contributed by atoms with van der Waals surface area (Å²) in [4.78, 5) is 16.7. The summed E-state index contributed by atoms with van der Waals surface area (Å²) in [7, 11) is 0. The SMILES string of the molecule is O=C(NC1CCCCCCCCCCC1)c1ccn2cncc2c1. The predicted octanol–water partition coefficient (Wildman–Crippen LogP) is 4.74. The van der Waals surface area contributed by atoms with Crippen LogP contribution in [-0.2, 0) is 0 Å². The maximum atomic E-state index is 12.6. The number of hydrogen-bond donors (Lipinski definition) is 1. The highest BCUT2D eigenvalue weighted by Crippen LogP contribution is 2.17. The lowest BCUT2D eigenvalue weighted by Crippen LogP contribution is -2.35. The molecule has 0 spiro atoms. The monoisotopic (exact) mass is 327 g/mol. The van der Waals surface area contributed by atoms with Crippen molar-refractivity contribution in [3.63, 3.8) is 0 Å². The molecule has 2 aromatic rings. The number of pyridine rings is 1. The summed E-state index contributed by atoms with van der Waals surface area (Å²) in [5.74, 6) is 0.0517. The topological polar surface area (TPSA) is 46.4 Å². The van der Waals surface area contributed by atoms with Crippen LogP contribution in [-0.4, -0.2) is 21.3 Å². The van der Waals surface area contributed by atoms with E-state index in [1.807, 2.05) is 22.7 Å². The van der Waals surface area contributed by atoms with Gasteiger partial charge in [-0.1, -0.05) is 57.8 Å². The minimum absolute atomic E-state index is 0.0517. The van der Waals surface area contributed by atoms with Gasteiger partial charge in [-0.2, -0.15) is 0 Å². The molecule has 130 valence electrons. The summed E-state index contributed by atoms with van der Waals surface area (Å²) >= 11 is 0. The van der Waals surface area contributed by atoms with Gasteiger partial charge in [-0.05, 0) is 25.0 Å². The standard InChI is InChI=1S/C20H29N3O/c24-20(17-12-13-23-16-21-15-19(23)14-17)22-18-10-8-6-4-2-1-3-5-7-9-11-18/h12-16,18H,1-11H2,(H,22,24). The van der Waals surface area contributed by atoms with Gasteiger partial charge in [0.2, 0.25) is 0 Å². The number of nitrogens with zero attached hydrogens (tertiary/aromatic N) is 2. The van der Waals surface area contributed by atoms with Gasteiger partial charge in [0.25, 0.3) is 5.91 Å². The fourth-order valence-electron chi connectivity index (χ4n) is 3.64. The zero-order valence-electron chi connectivity index (χ0n) is 14.5.